The molecule has 0 unspecified atom stereocenters. The van der Waals surface area contributed by atoms with Crippen molar-refractivity contribution in [3.63, 3.8) is 0 Å². The summed E-state index contributed by atoms with van der Waals surface area (Å²) in [5, 5.41) is 12.4. The number of aryl methyl sites for hydroxylation is 2. The summed E-state index contributed by atoms with van der Waals surface area (Å²) >= 11 is 1.15. The summed E-state index contributed by atoms with van der Waals surface area (Å²) in [6.07, 6.45) is 0. The van der Waals surface area contributed by atoms with E-state index in [9.17, 15) is 4.39 Å². The zero-order valence-electron chi connectivity index (χ0n) is 11.1. The van der Waals surface area contributed by atoms with Crippen molar-refractivity contribution in [1.82, 2.24) is 4.98 Å². The lowest BCUT2D eigenvalue weighted by molar-refractivity contribution is 0.318. The minimum Gasteiger partial charge on any atom is -0.409 e. The van der Waals surface area contributed by atoms with Crippen LogP contribution in [-0.2, 0) is 0 Å². The molecule has 0 aliphatic heterocycles. The summed E-state index contributed by atoms with van der Waals surface area (Å²) in [6.45, 7) is 3.68. The first-order valence-electron chi connectivity index (χ1n) is 5.91. The second-order valence-corrected chi connectivity index (χ2v) is 5.31. The van der Waals surface area contributed by atoms with E-state index in [1.807, 2.05) is 19.9 Å². The molecule has 4 nitrogen and oxygen atoms in total. The van der Waals surface area contributed by atoms with Gasteiger partial charge in [-0.25, -0.2) is 9.37 Å². The van der Waals surface area contributed by atoms with E-state index < -0.39 is 0 Å². The van der Waals surface area contributed by atoms with E-state index in [4.69, 9.17) is 10.9 Å². The highest BCUT2D eigenvalue weighted by atomic mass is 32.2. The van der Waals surface area contributed by atoms with Gasteiger partial charge in [-0.1, -0.05) is 29.1 Å². The van der Waals surface area contributed by atoms with Crippen LogP contribution in [0, 0.1) is 19.7 Å². The maximum Gasteiger partial charge on any atom is 0.173 e. The lowest BCUT2D eigenvalue weighted by atomic mass is 10.1. The van der Waals surface area contributed by atoms with Crippen LogP contribution in [0.25, 0.3) is 0 Å². The SMILES string of the molecule is Cc1cc(C)c(C(N)=NO)c(Sc2ccccc2F)n1. The second-order valence-electron chi connectivity index (χ2n) is 4.28. The van der Waals surface area contributed by atoms with Crippen LogP contribution in [0.2, 0.25) is 0 Å². The summed E-state index contributed by atoms with van der Waals surface area (Å²) in [5.41, 5.74) is 7.82. The Morgan fingerprint density at radius 2 is 2.05 bits per heavy atom. The van der Waals surface area contributed by atoms with Crippen molar-refractivity contribution in [2.24, 2.45) is 10.9 Å². The van der Waals surface area contributed by atoms with Gasteiger partial charge < -0.3 is 10.9 Å². The average Bonchev–Trinajstić information content (AvgIpc) is 2.40. The van der Waals surface area contributed by atoms with Gasteiger partial charge in [0, 0.05) is 10.6 Å². The maximum atomic E-state index is 13.7. The van der Waals surface area contributed by atoms with E-state index in [1.54, 1.807) is 18.2 Å². The number of hydrogen-bond donors (Lipinski definition) is 2. The highest BCUT2D eigenvalue weighted by Crippen LogP contribution is 2.32. The van der Waals surface area contributed by atoms with Gasteiger partial charge in [0.1, 0.15) is 10.8 Å². The molecule has 0 saturated heterocycles. The molecule has 0 amide bonds. The van der Waals surface area contributed by atoms with Gasteiger partial charge in [-0.05, 0) is 37.6 Å². The molecule has 1 heterocycles. The van der Waals surface area contributed by atoms with E-state index in [0.29, 0.717) is 15.5 Å². The number of pyridine rings is 1. The maximum absolute atomic E-state index is 13.7. The molecule has 2 rings (SSSR count). The zero-order valence-corrected chi connectivity index (χ0v) is 11.9. The van der Waals surface area contributed by atoms with Crippen LogP contribution in [-0.4, -0.2) is 16.0 Å². The van der Waals surface area contributed by atoms with Crippen molar-refractivity contribution < 1.29 is 9.60 Å². The molecule has 1 aromatic carbocycles. The molecule has 20 heavy (non-hydrogen) atoms. The molecule has 0 aliphatic carbocycles. The Kier molecular flexibility index (Phi) is 4.24. The molecule has 104 valence electrons. The van der Waals surface area contributed by atoms with E-state index >= 15 is 0 Å². The summed E-state index contributed by atoms with van der Waals surface area (Å²) in [7, 11) is 0. The Morgan fingerprint density at radius 3 is 2.70 bits per heavy atom. The third kappa shape index (κ3) is 2.91. The molecule has 3 N–H and O–H groups in total. The first-order chi connectivity index (χ1) is 9.52. The van der Waals surface area contributed by atoms with Crippen molar-refractivity contribution in [1.29, 1.82) is 0 Å². The molecule has 6 heteroatoms. The van der Waals surface area contributed by atoms with Crippen molar-refractivity contribution >= 4 is 17.6 Å². The number of amidine groups is 1. The monoisotopic (exact) mass is 291 g/mol. The predicted octanol–water partition coefficient (Wildman–Crippen LogP) is 3.08. The number of nitrogens with zero attached hydrogens (tertiary/aromatic N) is 2. The number of nitrogens with two attached hydrogens (primary N) is 1. The largest absolute Gasteiger partial charge is 0.409 e. The molecule has 2 aromatic rings. The smallest absolute Gasteiger partial charge is 0.173 e. The molecule has 0 saturated carbocycles. The highest BCUT2D eigenvalue weighted by molar-refractivity contribution is 7.99. The first kappa shape index (κ1) is 14.3. The van der Waals surface area contributed by atoms with Gasteiger partial charge >= 0.3 is 0 Å². The van der Waals surface area contributed by atoms with Crippen LogP contribution in [0.1, 0.15) is 16.8 Å². The fourth-order valence-corrected chi connectivity index (χ4v) is 2.95. The number of aromatic nitrogens is 1. The molecular formula is C14H14FN3OS. The molecule has 0 aliphatic rings. The fourth-order valence-electron chi connectivity index (χ4n) is 1.87. The Labute approximate surface area is 120 Å². The van der Waals surface area contributed by atoms with Crippen molar-refractivity contribution in [2.45, 2.75) is 23.8 Å². The van der Waals surface area contributed by atoms with Crippen LogP contribution in [0.3, 0.4) is 0 Å². The normalized spacial score (nSPS) is 11.7. The molecule has 0 fully saturated rings. The third-order valence-electron chi connectivity index (χ3n) is 2.72. The Hall–Kier alpha value is -2.08. The number of halogens is 1. The lowest BCUT2D eigenvalue weighted by Crippen LogP contribution is -2.17. The number of oxime groups is 1. The van der Waals surface area contributed by atoms with E-state index in [1.165, 1.54) is 6.07 Å². The van der Waals surface area contributed by atoms with Crippen LogP contribution >= 0.6 is 11.8 Å². The summed E-state index contributed by atoms with van der Waals surface area (Å²) < 4.78 is 13.7. The summed E-state index contributed by atoms with van der Waals surface area (Å²) in [4.78, 5) is 4.81. The first-order valence-corrected chi connectivity index (χ1v) is 6.73. The highest BCUT2D eigenvalue weighted by Gasteiger charge is 2.15. The van der Waals surface area contributed by atoms with Crippen molar-refractivity contribution in [2.75, 3.05) is 0 Å². The number of hydrogen-bond acceptors (Lipinski definition) is 4. The van der Waals surface area contributed by atoms with Crippen molar-refractivity contribution in [3.8, 4) is 0 Å². The Bertz CT molecular complexity index is 673. The predicted molar refractivity (Wildman–Crippen MR) is 76.7 cm³/mol. The van der Waals surface area contributed by atoms with Gasteiger partial charge in [0.2, 0.25) is 0 Å². The van der Waals surface area contributed by atoms with Gasteiger partial charge in [0.15, 0.2) is 5.84 Å². The van der Waals surface area contributed by atoms with Crippen LogP contribution in [0.4, 0.5) is 4.39 Å². The topological polar surface area (TPSA) is 71.5 Å². The van der Waals surface area contributed by atoms with Gasteiger partial charge in [-0.3, -0.25) is 0 Å². The van der Waals surface area contributed by atoms with Gasteiger partial charge in [-0.15, -0.1) is 0 Å². The van der Waals surface area contributed by atoms with E-state index in [-0.39, 0.29) is 11.7 Å². The number of rotatable bonds is 3. The van der Waals surface area contributed by atoms with E-state index in [2.05, 4.69) is 10.1 Å². The van der Waals surface area contributed by atoms with Crippen molar-refractivity contribution in [3.05, 3.63) is 53.0 Å². The summed E-state index contributed by atoms with van der Waals surface area (Å²) in [6, 6.07) is 8.25. The summed E-state index contributed by atoms with van der Waals surface area (Å²) in [5.74, 6) is -0.363. The average molecular weight is 291 g/mol. The molecule has 0 spiro atoms. The van der Waals surface area contributed by atoms with E-state index in [0.717, 1.165) is 23.0 Å². The molecule has 1 aromatic heterocycles. The quantitative estimate of drug-likeness (QED) is 0.394. The second kappa shape index (κ2) is 5.92. The Balaban J connectivity index is 2.53. The molecular weight excluding hydrogens is 277 g/mol. The Morgan fingerprint density at radius 1 is 1.35 bits per heavy atom. The molecule has 0 atom stereocenters. The van der Waals surface area contributed by atoms with Crippen LogP contribution in [0.15, 0.2) is 45.4 Å². The van der Waals surface area contributed by atoms with Gasteiger partial charge in [0.05, 0.1) is 5.56 Å². The van der Waals surface area contributed by atoms with Crippen LogP contribution < -0.4 is 5.73 Å². The zero-order chi connectivity index (χ0) is 14.7. The van der Waals surface area contributed by atoms with Crippen LogP contribution in [0.5, 0.6) is 0 Å². The fraction of sp³-hybridized carbons (Fsp3) is 0.143. The standard InChI is InChI=1S/C14H14FN3OS/c1-8-7-9(2)17-14(12(8)13(16)18-19)20-11-6-4-3-5-10(11)15/h3-7,19H,1-2H3,(H2,16,18). The van der Waals surface area contributed by atoms with Gasteiger partial charge in [-0.2, -0.15) is 0 Å². The third-order valence-corrected chi connectivity index (χ3v) is 3.76. The minimum atomic E-state index is -0.330. The minimum absolute atomic E-state index is 0.0335. The lowest BCUT2D eigenvalue weighted by Gasteiger charge is -2.11. The number of benzene rings is 1. The molecule has 0 bridgehead atoms. The molecule has 0 radical (unpaired) electrons. The van der Waals surface area contributed by atoms with Gasteiger partial charge in [0.25, 0.3) is 0 Å².